The highest BCUT2D eigenvalue weighted by molar-refractivity contribution is 5.97. The Kier molecular flexibility index (Phi) is 5.57. The van der Waals surface area contributed by atoms with E-state index in [0.29, 0.717) is 13.0 Å². The first kappa shape index (κ1) is 16.8. The van der Waals surface area contributed by atoms with Crippen molar-refractivity contribution in [2.75, 3.05) is 13.1 Å². The molecule has 0 aliphatic carbocycles. The molecule has 8 heteroatoms. The fraction of sp³-hybridized carbons (Fsp3) is 0.385. The molecule has 0 aliphatic rings. The lowest BCUT2D eigenvalue weighted by atomic mass is 10.1. The third-order valence-electron chi connectivity index (χ3n) is 2.72. The molecule has 0 radical (unpaired) electrons. The van der Waals surface area contributed by atoms with Gasteiger partial charge in [-0.15, -0.1) is 0 Å². The van der Waals surface area contributed by atoms with Gasteiger partial charge in [-0.05, 0) is 30.7 Å². The number of halogens is 3. The molecular formula is C13H16F3N3O2. The van der Waals surface area contributed by atoms with Gasteiger partial charge in [-0.2, -0.15) is 13.2 Å². The topological polar surface area (TPSA) is 78.9 Å². The van der Waals surface area contributed by atoms with Gasteiger partial charge in [0.25, 0.3) is 5.91 Å². The second-order valence-corrected chi connectivity index (χ2v) is 4.39. The van der Waals surface area contributed by atoms with E-state index < -0.39 is 17.6 Å². The molecule has 0 heterocycles. The van der Waals surface area contributed by atoms with Crippen molar-refractivity contribution in [2.24, 2.45) is 10.9 Å². The predicted octanol–water partition coefficient (Wildman–Crippen LogP) is 2.30. The van der Waals surface area contributed by atoms with Crippen LogP contribution in [-0.2, 0) is 6.18 Å². The van der Waals surface area contributed by atoms with Gasteiger partial charge in [-0.3, -0.25) is 4.79 Å². The van der Waals surface area contributed by atoms with Crippen molar-refractivity contribution in [3.63, 3.8) is 0 Å². The number of amidine groups is 1. The molecule has 0 fully saturated rings. The third-order valence-corrected chi connectivity index (χ3v) is 2.72. The molecule has 0 aromatic heterocycles. The fourth-order valence-corrected chi connectivity index (χ4v) is 1.73. The number of carbonyl (C=O) groups is 1. The van der Waals surface area contributed by atoms with Crippen molar-refractivity contribution in [1.82, 2.24) is 4.90 Å². The molecule has 1 amide bonds. The Morgan fingerprint density at radius 1 is 1.33 bits per heavy atom. The Bertz CT molecular complexity index is 512. The summed E-state index contributed by atoms with van der Waals surface area (Å²) in [6.45, 7) is 2.08. The summed E-state index contributed by atoms with van der Waals surface area (Å²) in [5.74, 6) is -0.624. The molecule has 0 atom stereocenters. The average molecular weight is 303 g/mol. The van der Waals surface area contributed by atoms with Crippen LogP contribution in [-0.4, -0.2) is 34.9 Å². The van der Waals surface area contributed by atoms with Crippen molar-refractivity contribution in [3.05, 3.63) is 35.4 Å². The molecule has 1 aromatic carbocycles. The van der Waals surface area contributed by atoms with Crippen LogP contribution in [0.15, 0.2) is 29.4 Å². The summed E-state index contributed by atoms with van der Waals surface area (Å²) in [5.41, 5.74) is 4.65. The van der Waals surface area contributed by atoms with Gasteiger partial charge in [0, 0.05) is 12.1 Å². The maximum absolute atomic E-state index is 12.5. The summed E-state index contributed by atoms with van der Waals surface area (Å²) in [4.78, 5) is 13.5. The molecule has 0 saturated heterocycles. The molecule has 116 valence electrons. The minimum Gasteiger partial charge on any atom is -0.409 e. The lowest BCUT2D eigenvalue weighted by Crippen LogP contribution is -2.39. The van der Waals surface area contributed by atoms with Crippen LogP contribution < -0.4 is 5.73 Å². The molecule has 1 aromatic rings. The molecule has 0 unspecified atom stereocenters. The molecule has 21 heavy (non-hydrogen) atoms. The van der Waals surface area contributed by atoms with E-state index in [1.807, 2.05) is 6.92 Å². The maximum Gasteiger partial charge on any atom is 0.416 e. The van der Waals surface area contributed by atoms with E-state index in [-0.39, 0.29) is 17.9 Å². The third kappa shape index (κ3) is 4.66. The zero-order valence-corrected chi connectivity index (χ0v) is 11.4. The number of hydrogen-bond donors (Lipinski definition) is 2. The number of benzene rings is 1. The highest BCUT2D eigenvalue weighted by Crippen LogP contribution is 2.29. The molecule has 3 N–H and O–H groups in total. The van der Waals surface area contributed by atoms with Crippen LogP contribution in [0.4, 0.5) is 13.2 Å². The predicted molar refractivity (Wildman–Crippen MR) is 71.0 cm³/mol. The number of nitrogens with zero attached hydrogens (tertiary/aromatic N) is 2. The first-order valence-corrected chi connectivity index (χ1v) is 6.22. The van der Waals surface area contributed by atoms with Gasteiger partial charge in [-0.1, -0.05) is 12.1 Å². The molecule has 5 nitrogen and oxygen atoms in total. The van der Waals surface area contributed by atoms with Crippen molar-refractivity contribution >= 4 is 11.7 Å². The van der Waals surface area contributed by atoms with Gasteiger partial charge < -0.3 is 15.8 Å². The summed E-state index contributed by atoms with van der Waals surface area (Å²) < 4.78 is 37.4. The van der Waals surface area contributed by atoms with Crippen LogP contribution in [0, 0.1) is 0 Å². The fourth-order valence-electron chi connectivity index (χ4n) is 1.73. The zero-order chi connectivity index (χ0) is 16.0. The van der Waals surface area contributed by atoms with Gasteiger partial charge >= 0.3 is 6.18 Å². The van der Waals surface area contributed by atoms with E-state index in [1.54, 1.807) is 0 Å². The van der Waals surface area contributed by atoms with Crippen LogP contribution in [0.3, 0.4) is 0 Å². The molecule has 0 bridgehead atoms. The molecule has 1 rings (SSSR count). The van der Waals surface area contributed by atoms with Gasteiger partial charge in [0.1, 0.15) is 0 Å². The second-order valence-electron chi connectivity index (χ2n) is 4.39. The number of rotatable bonds is 5. The number of alkyl halides is 3. The summed E-state index contributed by atoms with van der Waals surface area (Å²) >= 11 is 0. The standard InChI is InChI=1S/C13H16F3N3O2/c1-2-7-19(8-11(17)18-21)12(20)9-3-5-10(6-4-9)13(14,15)16/h3-6,21H,2,7-8H2,1H3,(H2,17,18). The number of oxime groups is 1. The highest BCUT2D eigenvalue weighted by atomic mass is 19.4. The second kappa shape index (κ2) is 6.96. The number of nitrogens with two attached hydrogens (primary N) is 1. The van der Waals surface area contributed by atoms with Crippen LogP contribution in [0.25, 0.3) is 0 Å². The van der Waals surface area contributed by atoms with Gasteiger partial charge in [-0.25, -0.2) is 0 Å². The Morgan fingerprint density at radius 3 is 2.33 bits per heavy atom. The Morgan fingerprint density at radius 2 is 1.90 bits per heavy atom. The van der Waals surface area contributed by atoms with Gasteiger partial charge in [0.15, 0.2) is 5.84 Å². The van der Waals surface area contributed by atoms with E-state index in [0.717, 1.165) is 24.3 Å². The average Bonchev–Trinajstić information content (AvgIpc) is 2.45. The number of hydrogen-bond acceptors (Lipinski definition) is 3. The smallest absolute Gasteiger partial charge is 0.409 e. The monoisotopic (exact) mass is 303 g/mol. The first-order valence-electron chi connectivity index (χ1n) is 6.22. The minimum atomic E-state index is -4.45. The van der Waals surface area contributed by atoms with Crippen molar-refractivity contribution in [3.8, 4) is 0 Å². The van der Waals surface area contributed by atoms with Crippen LogP contribution >= 0.6 is 0 Å². The van der Waals surface area contributed by atoms with Crippen molar-refractivity contribution in [2.45, 2.75) is 19.5 Å². The zero-order valence-electron chi connectivity index (χ0n) is 11.4. The Labute approximate surface area is 119 Å². The van der Waals surface area contributed by atoms with Gasteiger partial charge in [0.2, 0.25) is 0 Å². The largest absolute Gasteiger partial charge is 0.416 e. The Balaban J connectivity index is 2.93. The van der Waals surface area contributed by atoms with E-state index in [1.165, 1.54) is 4.90 Å². The lowest BCUT2D eigenvalue weighted by Gasteiger charge is -2.21. The van der Waals surface area contributed by atoms with Crippen molar-refractivity contribution in [1.29, 1.82) is 0 Å². The van der Waals surface area contributed by atoms with E-state index in [4.69, 9.17) is 10.9 Å². The molecule has 0 spiro atoms. The van der Waals surface area contributed by atoms with Crippen molar-refractivity contribution < 1.29 is 23.2 Å². The molecule has 0 saturated carbocycles. The van der Waals surface area contributed by atoms with E-state index in [2.05, 4.69) is 5.16 Å². The normalized spacial score (nSPS) is 12.3. The summed E-state index contributed by atoms with van der Waals surface area (Å²) in [6, 6.07) is 3.92. The minimum absolute atomic E-state index is 0.0931. The quantitative estimate of drug-likeness (QED) is 0.379. The summed E-state index contributed by atoms with van der Waals surface area (Å²) in [7, 11) is 0. The number of carbonyl (C=O) groups excluding carboxylic acids is 1. The Hall–Kier alpha value is -2.25. The van der Waals surface area contributed by atoms with E-state index in [9.17, 15) is 18.0 Å². The SMILES string of the molecule is CCCN(CC(N)=NO)C(=O)c1ccc(C(F)(F)F)cc1. The first-order chi connectivity index (χ1) is 9.79. The molecule has 0 aliphatic heterocycles. The number of amides is 1. The van der Waals surface area contributed by atoms with Gasteiger partial charge in [0.05, 0.1) is 12.1 Å². The highest BCUT2D eigenvalue weighted by Gasteiger charge is 2.30. The summed E-state index contributed by atoms with van der Waals surface area (Å²) in [6.07, 6.45) is -3.82. The van der Waals surface area contributed by atoms with Crippen LogP contribution in [0.1, 0.15) is 29.3 Å². The molecular weight excluding hydrogens is 287 g/mol. The summed E-state index contributed by atoms with van der Waals surface area (Å²) in [5, 5.41) is 11.3. The van der Waals surface area contributed by atoms with Crippen LogP contribution in [0.2, 0.25) is 0 Å². The van der Waals surface area contributed by atoms with Crippen LogP contribution in [0.5, 0.6) is 0 Å². The lowest BCUT2D eigenvalue weighted by molar-refractivity contribution is -0.137. The maximum atomic E-state index is 12.5. The van der Waals surface area contributed by atoms with E-state index >= 15 is 0 Å².